The number of hydrogen-bond donors (Lipinski definition) is 1. The fraction of sp³-hybridized carbons (Fsp3) is 0.474. The van der Waals surface area contributed by atoms with Gasteiger partial charge < -0.3 is 24.3 Å². The number of ether oxygens (including phenoxy) is 2. The molecule has 164 valence electrons. The van der Waals surface area contributed by atoms with Crippen LogP contribution in [0.15, 0.2) is 18.6 Å². The summed E-state index contributed by atoms with van der Waals surface area (Å²) in [6.07, 6.45) is -2.23. The smallest absolute Gasteiger partial charge is 0.378 e. The average molecular weight is 435 g/mol. The van der Waals surface area contributed by atoms with Gasteiger partial charge >= 0.3 is 6.18 Å². The Hall–Kier alpha value is -2.99. The topological polar surface area (TPSA) is 92.3 Å². The van der Waals surface area contributed by atoms with Crippen LogP contribution in [-0.4, -0.2) is 77.5 Å². The number of nitrogens with one attached hydrogen (secondary N) is 1. The van der Waals surface area contributed by atoms with E-state index in [1.54, 1.807) is 6.07 Å². The van der Waals surface area contributed by atoms with Gasteiger partial charge in [-0.15, -0.1) is 0 Å². The first-order chi connectivity index (χ1) is 15.0. The number of halogens is 3. The van der Waals surface area contributed by atoms with E-state index in [1.165, 1.54) is 12.5 Å². The van der Waals surface area contributed by atoms with Crippen LogP contribution in [0, 0.1) is 0 Å². The summed E-state index contributed by atoms with van der Waals surface area (Å²) in [4.78, 5) is 23.6. The van der Waals surface area contributed by atoms with E-state index in [2.05, 4.69) is 24.9 Å². The minimum Gasteiger partial charge on any atom is -0.378 e. The van der Waals surface area contributed by atoms with E-state index in [0.717, 1.165) is 0 Å². The van der Waals surface area contributed by atoms with Gasteiger partial charge in [0.2, 0.25) is 5.95 Å². The van der Waals surface area contributed by atoms with Crippen LogP contribution in [0.25, 0.3) is 22.4 Å². The molecule has 2 aliphatic heterocycles. The standard InChI is InChI=1S/C19H20F3N7O2/c20-19(21,22)15-12(10-23-17-16(15)24-11-25-17)13-9-14(28-1-5-30-6-2-28)27-18(26-13)29-3-7-31-8-4-29/h9-11H,1-8H2,(H,23,24,25). The first-order valence-corrected chi connectivity index (χ1v) is 9.95. The maximum atomic E-state index is 14.1. The number of nitrogens with zero attached hydrogens (tertiary/aromatic N) is 6. The van der Waals surface area contributed by atoms with Gasteiger partial charge in [-0.3, -0.25) is 0 Å². The van der Waals surface area contributed by atoms with E-state index in [-0.39, 0.29) is 22.4 Å². The third-order valence-electron chi connectivity index (χ3n) is 5.34. The molecule has 3 aromatic heterocycles. The van der Waals surface area contributed by atoms with E-state index in [0.29, 0.717) is 64.4 Å². The fourth-order valence-corrected chi connectivity index (χ4v) is 3.80. The maximum Gasteiger partial charge on any atom is 0.419 e. The molecule has 0 atom stereocenters. The highest BCUT2D eigenvalue weighted by Crippen LogP contribution is 2.40. The lowest BCUT2D eigenvalue weighted by Crippen LogP contribution is -2.39. The van der Waals surface area contributed by atoms with E-state index in [9.17, 15) is 13.2 Å². The number of pyridine rings is 1. The summed E-state index contributed by atoms with van der Waals surface area (Å²) in [5.41, 5.74) is -0.948. The van der Waals surface area contributed by atoms with Crippen molar-refractivity contribution < 1.29 is 22.6 Å². The third kappa shape index (κ3) is 3.88. The Morgan fingerprint density at radius 2 is 1.58 bits per heavy atom. The normalized spacial score (nSPS) is 18.0. The Morgan fingerprint density at radius 3 is 2.26 bits per heavy atom. The summed E-state index contributed by atoms with van der Waals surface area (Å²) in [5, 5.41) is 0. The number of H-pyrrole nitrogens is 1. The van der Waals surface area contributed by atoms with Crippen molar-refractivity contribution in [2.24, 2.45) is 0 Å². The van der Waals surface area contributed by atoms with Crippen LogP contribution >= 0.6 is 0 Å². The Kier molecular flexibility index (Phi) is 5.10. The third-order valence-corrected chi connectivity index (χ3v) is 5.34. The predicted molar refractivity (Wildman–Crippen MR) is 106 cm³/mol. The minimum atomic E-state index is -4.62. The van der Waals surface area contributed by atoms with Gasteiger partial charge in [0.15, 0.2) is 5.65 Å². The van der Waals surface area contributed by atoms with Crippen molar-refractivity contribution in [3.05, 3.63) is 24.2 Å². The molecular weight excluding hydrogens is 415 g/mol. The van der Waals surface area contributed by atoms with E-state index >= 15 is 0 Å². The zero-order valence-corrected chi connectivity index (χ0v) is 16.5. The van der Waals surface area contributed by atoms with Crippen molar-refractivity contribution in [3.63, 3.8) is 0 Å². The summed E-state index contributed by atoms with van der Waals surface area (Å²) in [5.74, 6) is 0.938. The van der Waals surface area contributed by atoms with Crippen molar-refractivity contribution in [2.45, 2.75) is 6.18 Å². The maximum absolute atomic E-state index is 14.1. The highest BCUT2D eigenvalue weighted by molar-refractivity contribution is 5.84. The van der Waals surface area contributed by atoms with Crippen LogP contribution in [0.2, 0.25) is 0 Å². The summed E-state index contributed by atoms with van der Waals surface area (Å²) >= 11 is 0. The number of morpholine rings is 2. The second kappa shape index (κ2) is 7.93. The number of fused-ring (bicyclic) bond motifs is 1. The first kappa shape index (κ1) is 19.9. The first-order valence-electron chi connectivity index (χ1n) is 9.95. The van der Waals surface area contributed by atoms with Gasteiger partial charge in [0.05, 0.1) is 49.5 Å². The molecule has 0 bridgehead atoms. The molecular formula is C19H20F3N7O2. The molecule has 5 rings (SSSR count). The number of hydrogen-bond acceptors (Lipinski definition) is 8. The van der Waals surface area contributed by atoms with Crippen LogP contribution in [0.1, 0.15) is 5.56 Å². The Balaban J connectivity index is 1.67. The second-order valence-electron chi connectivity index (χ2n) is 7.26. The van der Waals surface area contributed by atoms with Gasteiger partial charge in [0.1, 0.15) is 5.82 Å². The van der Waals surface area contributed by atoms with Crippen molar-refractivity contribution in [2.75, 3.05) is 62.4 Å². The molecule has 1 N–H and O–H groups in total. The largest absolute Gasteiger partial charge is 0.419 e. The summed E-state index contributed by atoms with van der Waals surface area (Å²) < 4.78 is 53.0. The molecule has 0 spiro atoms. The van der Waals surface area contributed by atoms with Gasteiger partial charge in [-0.05, 0) is 0 Å². The molecule has 0 aliphatic carbocycles. The van der Waals surface area contributed by atoms with E-state index in [1.807, 2.05) is 9.80 Å². The monoisotopic (exact) mass is 435 g/mol. The number of alkyl halides is 3. The highest BCUT2D eigenvalue weighted by atomic mass is 19.4. The molecule has 31 heavy (non-hydrogen) atoms. The molecule has 0 amide bonds. The molecule has 0 unspecified atom stereocenters. The van der Waals surface area contributed by atoms with Gasteiger partial charge in [-0.2, -0.15) is 18.2 Å². The lowest BCUT2D eigenvalue weighted by atomic mass is 10.1. The minimum absolute atomic E-state index is 0.00642. The molecule has 2 fully saturated rings. The molecule has 9 nitrogen and oxygen atoms in total. The van der Waals surface area contributed by atoms with Crippen molar-refractivity contribution in [1.82, 2.24) is 24.9 Å². The number of aromatic nitrogens is 5. The van der Waals surface area contributed by atoms with Crippen molar-refractivity contribution >= 4 is 22.9 Å². The Bertz CT molecular complexity index is 1040. The average Bonchev–Trinajstić information content (AvgIpc) is 3.27. The molecule has 2 aliphatic rings. The van der Waals surface area contributed by atoms with Crippen LogP contribution < -0.4 is 9.80 Å². The summed E-state index contributed by atoms with van der Waals surface area (Å²) in [6, 6.07) is 1.59. The van der Waals surface area contributed by atoms with Crippen LogP contribution in [-0.2, 0) is 15.7 Å². The lowest BCUT2D eigenvalue weighted by molar-refractivity contribution is -0.135. The fourth-order valence-electron chi connectivity index (χ4n) is 3.80. The lowest BCUT2D eigenvalue weighted by Gasteiger charge is -2.31. The van der Waals surface area contributed by atoms with Gasteiger partial charge in [-0.25, -0.2) is 15.0 Å². The Morgan fingerprint density at radius 1 is 0.903 bits per heavy atom. The van der Waals surface area contributed by atoms with Crippen LogP contribution in [0.4, 0.5) is 24.9 Å². The zero-order valence-electron chi connectivity index (χ0n) is 16.5. The zero-order chi connectivity index (χ0) is 21.4. The highest BCUT2D eigenvalue weighted by Gasteiger charge is 2.38. The molecule has 3 aromatic rings. The predicted octanol–water partition coefficient (Wildman–Crippen LogP) is 2.11. The molecule has 2 saturated heterocycles. The summed E-state index contributed by atoms with van der Waals surface area (Å²) in [7, 11) is 0. The number of rotatable bonds is 3. The van der Waals surface area contributed by atoms with Gasteiger partial charge in [-0.1, -0.05) is 0 Å². The van der Waals surface area contributed by atoms with Gasteiger partial charge in [0.25, 0.3) is 0 Å². The number of aromatic amines is 1. The molecule has 5 heterocycles. The quantitative estimate of drug-likeness (QED) is 0.669. The van der Waals surface area contributed by atoms with E-state index < -0.39 is 11.7 Å². The van der Waals surface area contributed by atoms with Crippen molar-refractivity contribution in [1.29, 1.82) is 0 Å². The van der Waals surface area contributed by atoms with Crippen molar-refractivity contribution in [3.8, 4) is 11.3 Å². The van der Waals surface area contributed by atoms with Gasteiger partial charge in [0, 0.05) is 44.0 Å². The molecule has 0 radical (unpaired) electrons. The second-order valence-corrected chi connectivity index (χ2v) is 7.26. The Labute approximate surface area is 175 Å². The molecule has 0 saturated carbocycles. The van der Waals surface area contributed by atoms with Crippen LogP contribution in [0.3, 0.4) is 0 Å². The molecule has 0 aromatic carbocycles. The number of anilines is 2. The summed E-state index contributed by atoms with van der Waals surface area (Å²) in [6.45, 7) is 4.41. The van der Waals surface area contributed by atoms with E-state index in [4.69, 9.17) is 9.47 Å². The SMILES string of the molecule is FC(F)(F)c1c(-c2cc(N3CCOCC3)nc(N3CCOCC3)n2)cnc2nc[nH]c12. The number of imidazole rings is 1. The molecule has 12 heteroatoms. The van der Waals surface area contributed by atoms with Crippen LogP contribution in [0.5, 0.6) is 0 Å².